The summed E-state index contributed by atoms with van der Waals surface area (Å²) in [6.45, 7) is 0. The van der Waals surface area contributed by atoms with Crippen LogP contribution in [0, 0.1) is 0 Å². The summed E-state index contributed by atoms with van der Waals surface area (Å²) in [6, 6.07) is 0. The highest BCUT2D eigenvalue weighted by Gasteiger charge is 2.40. The smallest absolute Gasteiger partial charge is 0.418 e. The molecule has 19 heavy (non-hydrogen) atoms. The summed E-state index contributed by atoms with van der Waals surface area (Å²) < 4.78 is 67.8. The van der Waals surface area contributed by atoms with Crippen LogP contribution in [0.3, 0.4) is 0 Å². The molecule has 0 saturated carbocycles. The van der Waals surface area contributed by atoms with E-state index in [4.69, 9.17) is 0 Å². The minimum absolute atomic E-state index is 0.469. The number of pyridine rings is 1. The van der Waals surface area contributed by atoms with Gasteiger partial charge in [-0.25, -0.2) is 8.78 Å². The molecule has 0 atom stereocenters. The van der Waals surface area contributed by atoms with E-state index in [1.165, 1.54) is 0 Å². The van der Waals surface area contributed by atoms with Crippen LogP contribution < -0.4 is 0 Å². The van der Waals surface area contributed by atoms with E-state index in [-0.39, 0.29) is 0 Å². The van der Waals surface area contributed by atoms with Gasteiger partial charge in [-0.05, 0) is 15.9 Å². The quantitative estimate of drug-likeness (QED) is 0.620. The molecule has 0 bridgehead atoms. The van der Waals surface area contributed by atoms with Gasteiger partial charge in [-0.1, -0.05) is 0 Å². The molecule has 0 fully saturated rings. The van der Waals surface area contributed by atoms with Gasteiger partial charge in [0.15, 0.2) is 0 Å². The van der Waals surface area contributed by atoms with Crippen LogP contribution in [0.15, 0.2) is 10.7 Å². The largest absolute Gasteiger partial charge is 0.469 e. The summed E-state index contributed by atoms with van der Waals surface area (Å²) in [5, 5.41) is 0. The lowest BCUT2D eigenvalue weighted by Crippen LogP contribution is -2.18. The Balaban J connectivity index is 3.48. The lowest BCUT2D eigenvalue weighted by molar-refractivity contribution is -0.142. The van der Waals surface area contributed by atoms with Crippen molar-refractivity contribution >= 4 is 21.9 Å². The monoisotopic (exact) mass is 347 g/mol. The minimum Gasteiger partial charge on any atom is -0.469 e. The Morgan fingerprint density at radius 2 is 2.05 bits per heavy atom. The van der Waals surface area contributed by atoms with Crippen molar-refractivity contribution in [1.82, 2.24) is 4.98 Å². The molecule has 0 radical (unpaired) electrons. The van der Waals surface area contributed by atoms with Crippen molar-refractivity contribution in [2.75, 3.05) is 7.11 Å². The Bertz CT molecular complexity index is 490. The first-order valence-corrected chi connectivity index (χ1v) is 5.57. The third-order valence-corrected chi connectivity index (χ3v) is 2.82. The van der Waals surface area contributed by atoms with Crippen molar-refractivity contribution in [1.29, 1.82) is 0 Å². The number of alkyl halides is 5. The Kier molecular flexibility index (Phi) is 4.83. The molecular formula is C10H7BrF5NO2. The van der Waals surface area contributed by atoms with E-state index in [0.717, 1.165) is 13.3 Å². The Morgan fingerprint density at radius 3 is 2.47 bits per heavy atom. The topological polar surface area (TPSA) is 39.2 Å². The second-order valence-corrected chi connectivity index (χ2v) is 4.25. The van der Waals surface area contributed by atoms with E-state index < -0.39 is 46.3 Å². The molecule has 0 aliphatic rings. The molecule has 1 aromatic rings. The molecule has 106 valence electrons. The standard InChI is InChI=1S/C10H7BrF5NO2/c1-19-6(18)2-5-8(10(14,15)16)7(9(12)13)4(11)3-17-5/h3,9H,2H2,1H3. The van der Waals surface area contributed by atoms with Gasteiger partial charge in [0.1, 0.15) is 0 Å². The van der Waals surface area contributed by atoms with Crippen molar-refractivity contribution in [2.24, 2.45) is 0 Å². The van der Waals surface area contributed by atoms with Gasteiger partial charge in [0.05, 0.1) is 24.8 Å². The van der Waals surface area contributed by atoms with E-state index in [1.807, 2.05) is 0 Å². The minimum atomic E-state index is -5.05. The summed E-state index contributed by atoms with van der Waals surface area (Å²) in [5.41, 5.74) is -3.64. The third-order valence-electron chi connectivity index (χ3n) is 2.19. The maximum Gasteiger partial charge on any atom is 0.418 e. The number of rotatable bonds is 3. The van der Waals surface area contributed by atoms with Crippen LogP contribution in [0.25, 0.3) is 0 Å². The zero-order valence-corrected chi connectivity index (χ0v) is 11.0. The van der Waals surface area contributed by atoms with Crippen LogP contribution in [0.2, 0.25) is 0 Å². The summed E-state index contributed by atoms with van der Waals surface area (Å²) in [7, 11) is 0.975. The van der Waals surface area contributed by atoms with Gasteiger partial charge in [0.2, 0.25) is 0 Å². The van der Waals surface area contributed by atoms with Crippen LogP contribution in [-0.2, 0) is 22.1 Å². The number of methoxy groups -OCH3 is 1. The summed E-state index contributed by atoms with van der Waals surface area (Å²) >= 11 is 2.60. The fourth-order valence-electron chi connectivity index (χ4n) is 1.42. The number of ether oxygens (including phenoxy) is 1. The van der Waals surface area contributed by atoms with Crippen molar-refractivity contribution < 1.29 is 31.5 Å². The average Bonchev–Trinajstić information content (AvgIpc) is 2.28. The molecule has 1 rings (SSSR count). The molecular weight excluding hydrogens is 341 g/mol. The highest BCUT2D eigenvalue weighted by molar-refractivity contribution is 9.10. The molecule has 0 N–H and O–H groups in total. The fraction of sp³-hybridized carbons (Fsp3) is 0.400. The molecule has 0 spiro atoms. The van der Waals surface area contributed by atoms with Crippen LogP contribution in [0.1, 0.15) is 23.2 Å². The number of nitrogens with zero attached hydrogens (tertiary/aromatic N) is 1. The molecule has 3 nitrogen and oxygen atoms in total. The van der Waals surface area contributed by atoms with Crippen molar-refractivity contribution in [3.8, 4) is 0 Å². The van der Waals surface area contributed by atoms with Gasteiger partial charge in [0.25, 0.3) is 6.43 Å². The second kappa shape index (κ2) is 5.81. The van der Waals surface area contributed by atoms with Gasteiger partial charge >= 0.3 is 12.1 Å². The van der Waals surface area contributed by atoms with Gasteiger partial charge < -0.3 is 4.74 Å². The maximum absolute atomic E-state index is 12.9. The average molecular weight is 348 g/mol. The summed E-state index contributed by atoms with van der Waals surface area (Å²) in [4.78, 5) is 14.4. The van der Waals surface area contributed by atoms with E-state index >= 15 is 0 Å². The molecule has 0 aromatic carbocycles. The molecule has 1 heterocycles. The van der Waals surface area contributed by atoms with Gasteiger partial charge in [-0.3, -0.25) is 9.78 Å². The summed E-state index contributed by atoms with van der Waals surface area (Å²) in [6.07, 6.45) is -8.44. The van der Waals surface area contributed by atoms with Crippen LogP contribution in [-0.4, -0.2) is 18.1 Å². The highest BCUT2D eigenvalue weighted by atomic mass is 79.9. The molecule has 1 aromatic heterocycles. The number of halogens is 6. The van der Waals surface area contributed by atoms with Crippen LogP contribution >= 0.6 is 15.9 Å². The maximum atomic E-state index is 12.9. The predicted molar refractivity (Wildman–Crippen MR) is 57.6 cm³/mol. The SMILES string of the molecule is COC(=O)Cc1ncc(Br)c(C(F)F)c1C(F)(F)F. The van der Waals surface area contributed by atoms with Crippen molar-refractivity contribution in [3.05, 3.63) is 27.5 Å². The molecule has 0 aliphatic heterocycles. The first kappa shape index (κ1) is 15.8. The zero-order chi connectivity index (χ0) is 14.8. The number of aromatic nitrogens is 1. The molecule has 0 aliphatic carbocycles. The normalized spacial score (nSPS) is 11.8. The van der Waals surface area contributed by atoms with E-state index in [1.54, 1.807) is 0 Å². The highest BCUT2D eigenvalue weighted by Crippen LogP contribution is 2.41. The van der Waals surface area contributed by atoms with Crippen molar-refractivity contribution in [3.63, 3.8) is 0 Å². The zero-order valence-electron chi connectivity index (χ0n) is 9.39. The molecule has 0 unspecified atom stereocenters. The first-order chi connectivity index (χ1) is 8.68. The predicted octanol–water partition coefficient (Wildman–Crippen LogP) is 3.52. The Morgan fingerprint density at radius 1 is 1.47 bits per heavy atom. The first-order valence-electron chi connectivity index (χ1n) is 4.78. The van der Waals surface area contributed by atoms with E-state index in [2.05, 4.69) is 25.7 Å². The summed E-state index contributed by atoms with van der Waals surface area (Å²) in [5.74, 6) is -1.000. The lowest BCUT2D eigenvalue weighted by Gasteiger charge is -2.17. The Hall–Kier alpha value is -1.25. The third kappa shape index (κ3) is 3.62. The van der Waals surface area contributed by atoms with Crippen LogP contribution in [0.4, 0.5) is 22.0 Å². The number of carbonyl (C=O) groups excluding carboxylic acids is 1. The number of carbonyl (C=O) groups is 1. The second-order valence-electron chi connectivity index (χ2n) is 3.39. The number of hydrogen-bond donors (Lipinski definition) is 0. The number of esters is 1. The molecule has 0 saturated heterocycles. The number of hydrogen-bond acceptors (Lipinski definition) is 3. The van der Waals surface area contributed by atoms with Gasteiger partial charge in [-0.2, -0.15) is 13.2 Å². The van der Waals surface area contributed by atoms with Gasteiger partial charge in [-0.15, -0.1) is 0 Å². The van der Waals surface area contributed by atoms with Crippen LogP contribution in [0.5, 0.6) is 0 Å². The van der Waals surface area contributed by atoms with E-state index in [9.17, 15) is 26.7 Å². The molecule has 0 amide bonds. The molecule has 9 heteroatoms. The Labute approximate surface area is 112 Å². The lowest BCUT2D eigenvalue weighted by atomic mass is 10.0. The van der Waals surface area contributed by atoms with E-state index in [0.29, 0.717) is 0 Å². The van der Waals surface area contributed by atoms with Crippen molar-refractivity contribution in [2.45, 2.75) is 19.0 Å². The van der Waals surface area contributed by atoms with Gasteiger partial charge in [0, 0.05) is 16.2 Å². The fourth-order valence-corrected chi connectivity index (χ4v) is 1.89.